The fourth-order valence-electron chi connectivity index (χ4n) is 2.12. The maximum absolute atomic E-state index is 5.46. The first kappa shape index (κ1) is 13.3. The molecular formula is C11H24N4O. The lowest BCUT2D eigenvalue weighted by molar-refractivity contribution is 0.179. The zero-order chi connectivity index (χ0) is 12.0. The Bertz CT molecular complexity index is 232. The molecule has 4 N–H and O–H groups in total. The third-order valence-corrected chi connectivity index (χ3v) is 3.05. The highest BCUT2D eigenvalue weighted by atomic mass is 16.5. The van der Waals surface area contributed by atoms with E-state index >= 15 is 0 Å². The number of nitrogens with zero attached hydrogens (tertiary/aromatic N) is 1. The Hall–Kier alpha value is -0.810. The van der Waals surface area contributed by atoms with Crippen molar-refractivity contribution in [3.8, 4) is 0 Å². The molecule has 1 saturated carbocycles. The van der Waals surface area contributed by atoms with E-state index < -0.39 is 0 Å². The SMILES string of the molecule is COCC(C)NC(=NC1CCCC1C)NN. The number of hydrogen-bond acceptors (Lipinski definition) is 3. The van der Waals surface area contributed by atoms with E-state index in [9.17, 15) is 0 Å². The summed E-state index contributed by atoms with van der Waals surface area (Å²) in [6, 6.07) is 0.602. The highest BCUT2D eigenvalue weighted by Crippen LogP contribution is 2.27. The van der Waals surface area contributed by atoms with E-state index in [4.69, 9.17) is 10.6 Å². The number of methoxy groups -OCH3 is 1. The Morgan fingerprint density at radius 2 is 2.31 bits per heavy atom. The summed E-state index contributed by atoms with van der Waals surface area (Å²) in [7, 11) is 1.68. The van der Waals surface area contributed by atoms with Gasteiger partial charge < -0.3 is 10.1 Å². The van der Waals surface area contributed by atoms with Gasteiger partial charge in [0.1, 0.15) is 0 Å². The molecule has 0 spiro atoms. The molecule has 1 aliphatic carbocycles. The lowest BCUT2D eigenvalue weighted by Crippen LogP contribution is -2.47. The van der Waals surface area contributed by atoms with Crippen LogP contribution in [0.5, 0.6) is 0 Å². The first-order valence-corrected chi connectivity index (χ1v) is 5.97. The molecule has 1 aliphatic rings. The van der Waals surface area contributed by atoms with Crippen LogP contribution in [-0.2, 0) is 4.74 Å². The van der Waals surface area contributed by atoms with Gasteiger partial charge in [0.05, 0.1) is 12.6 Å². The molecule has 0 heterocycles. The minimum atomic E-state index is 0.205. The molecule has 1 fully saturated rings. The third-order valence-electron chi connectivity index (χ3n) is 3.05. The van der Waals surface area contributed by atoms with Crippen molar-refractivity contribution < 1.29 is 4.74 Å². The van der Waals surface area contributed by atoms with Crippen LogP contribution in [0.15, 0.2) is 4.99 Å². The molecule has 5 heteroatoms. The van der Waals surface area contributed by atoms with E-state index in [1.54, 1.807) is 7.11 Å². The lowest BCUT2D eigenvalue weighted by Gasteiger charge is -2.18. The van der Waals surface area contributed by atoms with Crippen molar-refractivity contribution >= 4 is 5.96 Å². The summed E-state index contributed by atoms with van der Waals surface area (Å²) in [6.07, 6.45) is 3.69. The van der Waals surface area contributed by atoms with Gasteiger partial charge in [-0.2, -0.15) is 0 Å². The maximum atomic E-state index is 5.46. The van der Waals surface area contributed by atoms with Gasteiger partial charge in [-0.25, -0.2) is 10.8 Å². The summed E-state index contributed by atoms with van der Waals surface area (Å²) in [6.45, 7) is 4.92. The van der Waals surface area contributed by atoms with Crippen LogP contribution >= 0.6 is 0 Å². The van der Waals surface area contributed by atoms with E-state index in [1.165, 1.54) is 12.8 Å². The molecule has 3 atom stereocenters. The first-order chi connectivity index (χ1) is 7.67. The molecule has 1 rings (SSSR count). The highest BCUT2D eigenvalue weighted by Gasteiger charge is 2.23. The van der Waals surface area contributed by atoms with Crippen molar-refractivity contribution in [3.05, 3.63) is 0 Å². The van der Waals surface area contributed by atoms with E-state index in [0.717, 1.165) is 6.42 Å². The molecule has 94 valence electrons. The summed E-state index contributed by atoms with van der Waals surface area (Å²) >= 11 is 0. The highest BCUT2D eigenvalue weighted by molar-refractivity contribution is 5.79. The molecular weight excluding hydrogens is 204 g/mol. The quantitative estimate of drug-likeness (QED) is 0.285. The molecule has 0 bridgehead atoms. The second-order valence-corrected chi connectivity index (χ2v) is 4.60. The maximum Gasteiger partial charge on any atom is 0.206 e. The van der Waals surface area contributed by atoms with Gasteiger partial charge in [0.15, 0.2) is 0 Å². The number of nitrogens with one attached hydrogen (secondary N) is 2. The van der Waals surface area contributed by atoms with Crippen LogP contribution in [-0.4, -0.2) is 31.8 Å². The van der Waals surface area contributed by atoms with Crippen LogP contribution < -0.4 is 16.6 Å². The van der Waals surface area contributed by atoms with E-state index in [2.05, 4.69) is 22.7 Å². The van der Waals surface area contributed by atoms with Crippen LogP contribution in [0.4, 0.5) is 0 Å². The number of guanidine groups is 1. The second kappa shape index (κ2) is 6.70. The minimum absolute atomic E-state index is 0.205. The third kappa shape index (κ3) is 3.98. The molecule has 16 heavy (non-hydrogen) atoms. The van der Waals surface area contributed by atoms with Crippen LogP contribution in [0.1, 0.15) is 33.1 Å². The Kier molecular flexibility index (Phi) is 5.55. The molecule has 0 saturated heterocycles. The molecule has 0 aromatic carbocycles. The van der Waals surface area contributed by atoms with Gasteiger partial charge in [-0.1, -0.05) is 13.3 Å². The van der Waals surface area contributed by atoms with Crippen LogP contribution in [0.2, 0.25) is 0 Å². The number of hydrazine groups is 1. The molecule has 0 radical (unpaired) electrons. The van der Waals surface area contributed by atoms with Crippen molar-refractivity contribution in [1.82, 2.24) is 10.7 Å². The second-order valence-electron chi connectivity index (χ2n) is 4.60. The zero-order valence-corrected chi connectivity index (χ0v) is 10.5. The van der Waals surface area contributed by atoms with Crippen LogP contribution in [0, 0.1) is 5.92 Å². The fraction of sp³-hybridized carbons (Fsp3) is 0.909. The summed E-state index contributed by atoms with van der Waals surface area (Å²) in [5, 5.41) is 3.20. The van der Waals surface area contributed by atoms with Crippen molar-refractivity contribution in [1.29, 1.82) is 0 Å². The van der Waals surface area contributed by atoms with Gasteiger partial charge in [-0.3, -0.25) is 5.43 Å². The summed E-state index contributed by atoms with van der Waals surface area (Å²) in [5.41, 5.74) is 2.62. The average Bonchev–Trinajstić information content (AvgIpc) is 2.64. The summed E-state index contributed by atoms with van der Waals surface area (Å²) in [4.78, 5) is 4.61. The largest absolute Gasteiger partial charge is 0.383 e. The Balaban J connectivity index is 2.48. The van der Waals surface area contributed by atoms with E-state index in [1.807, 2.05) is 6.92 Å². The standard InChI is InChI=1S/C11H24N4O/c1-8-5-4-6-10(8)14-11(15-12)13-9(2)7-16-3/h8-10H,4-7,12H2,1-3H3,(H2,13,14,15). The smallest absolute Gasteiger partial charge is 0.206 e. The van der Waals surface area contributed by atoms with Crippen LogP contribution in [0.25, 0.3) is 0 Å². The van der Waals surface area contributed by atoms with Crippen LogP contribution in [0.3, 0.4) is 0 Å². The van der Waals surface area contributed by atoms with Gasteiger partial charge in [0.25, 0.3) is 0 Å². The van der Waals surface area contributed by atoms with Gasteiger partial charge in [-0.05, 0) is 25.7 Å². The fourth-order valence-corrected chi connectivity index (χ4v) is 2.12. The van der Waals surface area contributed by atoms with Crippen molar-refractivity contribution in [3.63, 3.8) is 0 Å². The van der Waals surface area contributed by atoms with E-state index in [-0.39, 0.29) is 6.04 Å². The number of hydrogen-bond donors (Lipinski definition) is 3. The van der Waals surface area contributed by atoms with E-state index in [0.29, 0.717) is 24.5 Å². The molecule has 0 aliphatic heterocycles. The predicted octanol–water partition coefficient (Wildman–Crippen LogP) is 0.619. The number of rotatable bonds is 4. The Labute approximate surface area is 97.8 Å². The number of aliphatic imine (C=N–C) groups is 1. The van der Waals surface area contributed by atoms with Gasteiger partial charge in [0.2, 0.25) is 5.96 Å². The summed E-state index contributed by atoms with van der Waals surface area (Å²) < 4.78 is 5.05. The average molecular weight is 228 g/mol. The Morgan fingerprint density at radius 1 is 1.56 bits per heavy atom. The normalized spacial score (nSPS) is 27.9. The summed E-state index contributed by atoms with van der Waals surface area (Å²) in [5.74, 6) is 6.78. The Morgan fingerprint density at radius 3 is 2.81 bits per heavy atom. The van der Waals surface area contributed by atoms with Gasteiger partial charge >= 0.3 is 0 Å². The predicted molar refractivity (Wildman–Crippen MR) is 66.0 cm³/mol. The first-order valence-electron chi connectivity index (χ1n) is 5.97. The van der Waals surface area contributed by atoms with Gasteiger partial charge in [-0.15, -0.1) is 0 Å². The monoisotopic (exact) mass is 228 g/mol. The number of ether oxygens (including phenoxy) is 1. The zero-order valence-electron chi connectivity index (χ0n) is 10.5. The van der Waals surface area contributed by atoms with Gasteiger partial charge in [0, 0.05) is 13.2 Å². The van der Waals surface area contributed by atoms with Crippen molar-refractivity contribution in [2.75, 3.05) is 13.7 Å². The van der Waals surface area contributed by atoms with Crippen molar-refractivity contribution in [2.24, 2.45) is 16.8 Å². The molecule has 3 unspecified atom stereocenters. The molecule has 0 aromatic rings. The lowest BCUT2D eigenvalue weighted by atomic mass is 10.1. The molecule has 5 nitrogen and oxygen atoms in total. The van der Waals surface area contributed by atoms with Crippen molar-refractivity contribution in [2.45, 2.75) is 45.2 Å². The topological polar surface area (TPSA) is 71.7 Å². The molecule has 0 amide bonds. The molecule has 0 aromatic heterocycles. The number of nitrogens with two attached hydrogens (primary N) is 1. The minimum Gasteiger partial charge on any atom is -0.383 e.